The maximum absolute atomic E-state index is 5.15. The van der Waals surface area contributed by atoms with Gasteiger partial charge in [0.2, 0.25) is 0 Å². The van der Waals surface area contributed by atoms with Crippen LogP contribution < -0.4 is 15.4 Å². The van der Waals surface area contributed by atoms with Gasteiger partial charge in [0, 0.05) is 24.6 Å². The van der Waals surface area contributed by atoms with Crippen LogP contribution in [-0.4, -0.2) is 37.7 Å². The van der Waals surface area contributed by atoms with Crippen LogP contribution in [-0.2, 0) is 6.54 Å². The van der Waals surface area contributed by atoms with Crippen molar-refractivity contribution in [1.29, 1.82) is 0 Å². The maximum atomic E-state index is 5.15. The predicted octanol–water partition coefficient (Wildman–Crippen LogP) is 3.29. The summed E-state index contributed by atoms with van der Waals surface area (Å²) < 4.78 is 5.15. The SMILES string of the molecule is C=CCSCCNC(=NCc1ccc(OC)cc1)NCC.I. The van der Waals surface area contributed by atoms with E-state index in [4.69, 9.17) is 4.74 Å². The van der Waals surface area contributed by atoms with Crippen molar-refractivity contribution in [2.75, 3.05) is 31.7 Å². The van der Waals surface area contributed by atoms with Crippen LogP contribution in [0.1, 0.15) is 12.5 Å². The number of hydrogen-bond donors (Lipinski definition) is 2. The number of rotatable bonds is 9. The van der Waals surface area contributed by atoms with Crippen molar-refractivity contribution in [3.8, 4) is 5.75 Å². The minimum Gasteiger partial charge on any atom is -0.497 e. The van der Waals surface area contributed by atoms with E-state index in [2.05, 4.69) is 29.1 Å². The lowest BCUT2D eigenvalue weighted by Crippen LogP contribution is -2.38. The first kappa shape index (κ1) is 21.1. The molecule has 1 aromatic rings. The molecule has 0 aliphatic heterocycles. The molecule has 0 aliphatic rings. The van der Waals surface area contributed by atoms with Crippen LogP contribution in [0.5, 0.6) is 5.75 Å². The quantitative estimate of drug-likeness (QED) is 0.206. The monoisotopic (exact) mass is 435 g/mol. The molecular formula is C16H26IN3OS. The number of ether oxygens (including phenoxy) is 1. The predicted molar refractivity (Wildman–Crippen MR) is 109 cm³/mol. The topological polar surface area (TPSA) is 45.7 Å². The van der Waals surface area contributed by atoms with Gasteiger partial charge in [0.05, 0.1) is 13.7 Å². The summed E-state index contributed by atoms with van der Waals surface area (Å²) in [6.07, 6.45) is 1.92. The van der Waals surface area contributed by atoms with Gasteiger partial charge in [0.1, 0.15) is 5.75 Å². The van der Waals surface area contributed by atoms with E-state index in [0.717, 1.165) is 41.9 Å². The lowest BCUT2D eigenvalue weighted by molar-refractivity contribution is 0.414. The first-order chi connectivity index (χ1) is 10.3. The molecule has 0 unspecified atom stereocenters. The Labute approximate surface area is 155 Å². The Hall–Kier alpha value is -0.890. The third-order valence-corrected chi connectivity index (χ3v) is 3.66. The van der Waals surface area contributed by atoms with Gasteiger partial charge in [0.15, 0.2) is 5.96 Å². The highest BCUT2D eigenvalue weighted by molar-refractivity contribution is 14.0. The van der Waals surface area contributed by atoms with Crippen LogP contribution in [0, 0.1) is 0 Å². The number of guanidine groups is 1. The lowest BCUT2D eigenvalue weighted by Gasteiger charge is -2.11. The van der Waals surface area contributed by atoms with Crippen LogP contribution in [0.15, 0.2) is 41.9 Å². The normalized spacial score (nSPS) is 10.5. The summed E-state index contributed by atoms with van der Waals surface area (Å²) in [5, 5.41) is 6.58. The van der Waals surface area contributed by atoms with Crippen molar-refractivity contribution < 1.29 is 4.74 Å². The second kappa shape index (κ2) is 13.8. The minimum absolute atomic E-state index is 0. The Balaban J connectivity index is 0.00000441. The molecule has 4 nitrogen and oxygen atoms in total. The van der Waals surface area contributed by atoms with E-state index in [0.29, 0.717) is 6.54 Å². The first-order valence-corrected chi connectivity index (χ1v) is 8.29. The average Bonchev–Trinajstić information content (AvgIpc) is 2.52. The van der Waals surface area contributed by atoms with Crippen molar-refractivity contribution in [1.82, 2.24) is 10.6 Å². The van der Waals surface area contributed by atoms with E-state index in [1.54, 1.807) is 7.11 Å². The number of nitrogens with zero attached hydrogens (tertiary/aromatic N) is 1. The molecule has 2 N–H and O–H groups in total. The molecule has 22 heavy (non-hydrogen) atoms. The van der Waals surface area contributed by atoms with E-state index in [1.807, 2.05) is 42.1 Å². The maximum Gasteiger partial charge on any atom is 0.191 e. The highest BCUT2D eigenvalue weighted by atomic mass is 127. The third kappa shape index (κ3) is 9.19. The van der Waals surface area contributed by atoms with Crippen molar-refractivity contribution >= 4 is 41.7 Å². The van der Waals surface area contributed by atoms with Crippen LogP contribution in [0.25, 0.3) is 0 Å². The first-order valence-electron chi connectivity index (χ1n) is 7.14. The number of thioether (sulfide) groups is 1. The molecule has 0 atom stereocenters. The summed E-state index contributed by atoms with van der Waals surface area (Å²) in [6, 6.07) is 7.98. The van der Waals surface area contributed by atoms with Gasteiger partial charge in [-0.1, -0.05) is 18.2 Å². The van der Waals surface area contributed by atoms with Gasteiger partial charge in [-0.15, -0.1) is 30.6 Å². The van der Waals surface area contributed by atoms with Crippen LogP contribution in [0.4, 0.5) is 0 Å². The van der Waals surface area contributed by atoms with E-state index in [9.17, 15) is 0 Å². The van der Waals surface area contributed by atoms with Gasteiger partial charge < -0.3 is 15.4 Å². The molecule has 0 fully saturated rings. The molecule has 6 heteroatoms. The molecule has 0 aromatic heterocycles. The van der Waals surface area contributed by atoms with E-state index in [1.165, 1.54) is 0 Å². The zero-order chi connectivity index (χ0) is 15.3. The second-order valence-electron chi connectivity index (χ2n) is 4.33. The van der Waals surface area contributed by atoms with Crippen molar-refractivity contribution in [3.63, 3.8) is 0 Å². The van der Waals surface area contributed by atoms with Gasteiger partial charge in [-0.2, -0.15) is 11.8 Å². The fraction of sp³-hybridized carbons (Fsp3) is 0.438. The van der Waals surface area contributed by atoms with Crippen LogP contribution in [0.3, 0.4) is 0 Å². The number of methoxy groups -OCH3 is 1. The number of halogens is 1. The van der Waals surface area contributed by atoms with Gasteiger partial charge in [-0.05, 0) is 24.6 Å². The number of aliphatic imine (C=N–C) groups is 1. The summed E-state index contributed by atoms with van der Waals surface area (Å²) in [5.74, 6) is 3.75. The number of nitrogens with one attached hydrogen (secondary N) is 2. The van der Waals surface area contributed by atoms with E-state index < -0.39 is 0 Å². The molecule has 0 saturated heterocycles. The molecule has 0 bridgehead atoms. The Bertz CT molecular complexity index is 438. The Morgan fingerprint density at radius 2 is 2.05 bits per heavy atom. The van der Waals surface area contributed by atoms with Crippen molar-refractivity contribution in [2.24, 2.45) is 4.99 Å². The highest BCUT2D eigenvalue weighted by Crippen LogP contribution is 2.11. The van der Waals surface area contributed by atoms with Crippen LogP contribution in [0.2, 0.25) is 0 Å². The minimum atomic E-state index is 0. The third-order valence-electron chi connectivity index (χ3n) is 2.70. The van der Waals surface area contributed by atoms with Gasteiger partial charge in [0.25, 0.3) is 0 Å². The molecule has 0 saturated carbocycles. The lowest BCUT2D eigenvalue weighted by atomic mass is 10.2. The van der Waals surface area contributed by atoms with Gasteiger partial charge >= 0.3 is 0 Å². The fourth-order valence-electron chi connectivity index (χ4n) is 1.65. The highest BCUT2D eigenvalue weighted by Gasteiger charge is 1.98. The average molecular weight is 435 g/mol. The number of benzene rings is 1. The summed E-state index contributed by atoms with van der Waals surface area (Å²) in [7, 11) is 1.67. The van der Waals surface area contributed by atoms with E-state index in [-0.39, 0.29) is 24.0 Å². The molecular weight excluding hydrogens is 409 g/mol. The van der Waals surface area contributed by atoms with Crippen molar-refractivity contribution in [2.45, 2.75) is 13.5 Å². The molecule has 1 rings (SSSR count). The Morgan fingerprint density at radius 3 is 2.64 bits per heavy atom. The summed E-state index contributed by atoms with van der Waals surface area (Å²) in [6.45, 7) is 8.18. The Morgan fingerprint density at radius 1 is 1.32 bits per heavy atom. The molecule has 124 valence electrons. The smallest absolute Gasteiger partial charge is 0.191 e. The van der Waals surface area contributed by atoms with Gasteiger partial charge in [-0.3, -0.25) is 0 Å². The number of hydrogen-bond acceptors (Lipinski definition) is 3. The second-order valence-corrected chi connectivity index (χ2v) is 5.48. The zero-order valence-corrected chi connectivity index (χ0v) is 16.4. The molecule has 1 aromatic carbocycles. The molecule has 0 amide bonds. The summed E-state index contributed by atoms with van der Waals surface area (Å²) >= 11 is 1.85. The summed E-state index contributed by atoms with van der Waals surface area (Å²) in [4.78, 5) is 4.58. The standard InChI is InChI=1S/C16H25N3OS.HI/c1-4-11-21-12-10-18-16(17-5-2)19-13-14-6-8-15(20-3)9-7-14;/h4,6-9H,1,5,10-13H2,2-3H3,(H2,17,18,19);1H. The van der Waals surface area contributed by atoms with E-state index >= 15 is 0 Å². The molecule has 0 radical (unpaired) electrons. The zero-order valence-electron chi connectivity index (χ0n) is 13.3. The van der Waals surface area contributed by atoms with Gasteiger partial charge in [-0.25, -0.2) is 4.99 Å². The van der Waals surface area contributed by atoms with Crippen LogP contribution >= 0.6 is 35.7 Å². The summed E-state index contributed by atoms with van der Waals surface area (Å²) in [5.41, 5.74) is 1.16. The molecule has 0 spiro atoms. The largest absolute Gasteiger partial charge is 0.497 e. The molecule has 0 aliphatic carbocycles. The molecule has 0 heterocycles. The Kier molecular flexibility index (Phi) is 13.2. The van der Waals surface area contributed by atoms with Crippen molar-refractivity contribution in [3.05, 3.63) is 42.5 Å². The fourth-order valence-corrected chi connectivity index (χ4v) is 2.23.